The van der Waals surface area contributed by atoms with Gasteiger partial charge in [-0.1, -0.05) is 25.4 Å². The zero-order valence-corrected chi connectivity index (χ0v) is 12.1. The van der Waals surface area contributed by atoms with Crippen LogP contribution in [0.15, 0.2) is 18.2 Å². The molecule has 0 aliphatic carbocycles. The molecule has 0 aliphatic heterocycles. The SMILES string of the molecule is CCC(CC)(CC(=O)Nc1cc(F)cc(Cl)c1)C(=O)O. The van der Waals surface area contributed by atoms with Crippen molar-refractivity contribution in [1.29, 1.82) is 0 Å². The highest BCUT2D eigenvalue weighted by Crippen LogP contribution is 2.31. The minimum Gasteiger partial charge on any atom is -0.481 e. The second-order valence-electron chi connectivity index (χ2n) is 4.68. The molecule has 110 valence electrons. The first-order chi connectivity index (χ1) is 9.32. The number of rotatable bonds is 6. The quantitative estimate of drug-likeness (QED) is 0.842. The molecule has 0 aromatic heterocycles. The van der Waals surface area contributed by atoms with E-state index in [-0.39, 0.29) is 17.1 Å². The Morgan fingerprint density at radius 2 is 1.90 bits per heavy atom. The smallest absolute Gasteiger partial charge is 0.310 e. The van der Waals surface area contributed by atoms with Crippen LogP contribution in [-0.2, 0) is 9.59 Å². The molecule has 0 unspecified atom stereocenters. The molecule has 2 N–H and O–H groups in total. The minimum atomic E-state index is -1.10. The third-order valence-electron chi connectivity index (χ3n) is 3.45. The third-order valence-corrected chi connectivity index (χ3v) is 3.67. The highest BCUT2D eigenvalue weighted by molar-refractivity contribution is 6.30. The van der Waals surface area contributed by atoms with E-state index < -0.39 is 23.1 Å². The maximum absolute atomic E-state index is 13.1. The van der Waals surface area contributed by atoms with Crippen molar-refractivity contribution in [3.63, 3.8) is 0 Å². The van der Waals surface area contributed by atoms with Crippen LogP contribution in [-0.4, -0.2) is 17.0 Å². The largest absolute Gasteiger partial charge is 0.481 e. The summed E-state index contributed by atoms with van der Waals surface area (Å²) in [5.41, 5.74) is -0.882. The lowest BCUT2D eigenvalue weighted by Crippen LogP contribution is -2.34. The first-order valence-corrected chi connectivity index (χ1v) is 6.70. The van der Waals surface area contributed by atoms with Crippen LogP contribution in [0.25, 0.3) is 0 Å². The van der Waals surface area contributed by atoms with Gasteiger partial charge in [0.2, 0.25) is 5.91 Å². The predicted octanol–water partition coefficient (Wildman–Crippen LogP) is 3.70. The lowest BCUT2D eigenvalue weighted by molar-refractivity contribution is -0.151. The van der Waals surface area contributed by atoms with Crippen LogP contribution in [0.1, 0.15) is 33.1 Å². The average molecular weight is 302 g/mol. The molecule has 0 spiro atoms. The number of carboxylic acid groups (broad SMARTS) is 1. The number of nitrogens with one attached hydrogen (secondary N) is 1. The van der Waals surface area contributed by atoms with Crippen LogP contribution in [0.2, 0.25) is 5.02 Å². The Hall–Kier alpha value is -1.62. The molecule has 0 fully saturated rings. The van der Waals surface area contributed by atoms with Gasteiger partial charge in [0.25, 0.3) is 0 Å². The van der Waals surface area contributed by atoms with Crippen molar-refractivity contribution in [3.05, 3.63) is 29.0 Å². The number of hydrogen-bond acceptors (Lipinski definition) is 2. The molecule has 1 aromatic carbocycles. The van der Waals surface area contributed by atoms with Crippen molar-refractivity contribution < 1.29 is 19.1 Å². The molecule has 6 heteroatoms. The van der Waals surface area contributed by atoms with Gasteiger partial charge in [0, 0.05) is 17.1 Å². The van der Waals surface area contributed by atoms with Crippen LogP contribution in [0.4, 0.5) is 10.1 Å². The van der Waals surface area contributed by atoms with Crippen molar-refractivity contribution in [2.45, 2.75) is 33.1 Å². The third kappa shape index (κ3) is 3.93. The number of anilines is 1. The average Bonchev–Trinajstić information content (AvgIpc) is 2.34. The lowest BCUT2D eigenvalue weighted by Gasteiger charge is -2.25. The van der Waals surface area contributed by atoms with E-state index in [4.69, 9.17) is 11.6 Å². The molecule has 1 aromatic rings. The Morgan fingerprint density at radius 3 is 2.35 bits per heavy atom. The van der Waals surface area contributed by atoms with Crippen molar-refractivity contribution >= 4 is 29.2 Å². The van der Waals surface area contributed by atoms with Crippen molar-refractivity contribution in [2.75, 3.05) is 5.32 Å². The molecule has 1 amide bonds. The fourth-order valence-corrected chi connectivity index (χ4v) is 2.24. The standard InChI is InChI=1S/C14H17ClFNO3/c1-3-14(4-2,13(19)20)8-12(18)17-11-6-9(15)5-10(16)7-11/h5-7H,3-4,8H2,1-2H3,(H,17,18)(H,19,20). The second kappa shape index (κ2) is 6.70. The van der Waals surface area contributed by atoms with Gasteiger partial charge in [-0.15, -0.1) is 0 Å². The van der Waals surface area contributed by atoms with Crippen LogP contribution >= 0.6 is 11.6 Å². The fraction of sp³-hybridized carbons (Fsp3) is 0.429. The van der Waals surface area contributed by atoms with Crippen molar-refractivity contribution in [2.24, 2.45) is 5.41 Å². The number of hydrogen-bond donors (Lipinski definition) is 2. The van der Waals surface area contributed by atoms with Gasteiger partial charge < -0.3 is 10.4 Å². The van der Waals surface area contributed by atoms with Gasteiger partial charge in [-0.25, -0.2) is 4.39 Å². The number of aliphatic carboxylic acids is 1. The van der Waals surface area contributed by atoms with E-state index in [0.717, 1.165) is 12.1 Å². The van der Waals surface area contributed by atoms with Gasteiger partial charge >= 0.3 is 5.97 Å². The predicted molar refractivity (Wildman–Crippen MR) is 75.3 cm³/mol. The van der Waals surface area contributed by atoms with E-state index in [2.05, 4.69) is 5.32 Å². The topological polar surface area (TPSA) is 66.4 Å². The van der Waals surface area contributed by atoms with Crippen molar-refractivity contribution in [1.82, 2.24) is 0 Å². The Bertz CT molecular complexity index is 495. The zero-order valence-electron chi connectivity index (χ0n) is 11.4. The molecule has 4 nitrogen and oxygen atoms in total. The molecule has 0 aliphatic rings. The van der Waals surface area contributed by atoms with Gasteiger partial charge in [-0.3, -0.25) is 9.59 Å². The van der Waals surface area contributed by atoms with Crippen LogP contribution in [0.3, 0.4) is 0 Å². The lowest BCUT2D eigenvalue weighted by atomic mass is 9.79. The molecule has 0 atom stereocenters. The van der Waals surface area contributed by atoms with Gasteiger partial charge in [0.1, 0.15) is 5.82 Å². The molecule has 0 saturated carbocycles. The summed E-state index contributed by atoms with van der Waals surface area (Å²) in [6, 6.07) is 3.66. The Kier molecular flexibility index (Phi) is 5.51. The molecule has 0 saturated heterocycles. The van der Waals surface area contributed by atoms with Crippen LogP contribution < -0.4 is 5.32 Å². The number of carboxylic acids is 1. The monoisotopic (exact) mass is 301 g/mol. The maximum atomic E-state index is 13.1. The number of carbonyl (C=O) groups is 2. The van der Waals surface area contributed by atoms with Crippen LogP contribution in [0, 0.1) is 11.2 Å². The van der Waals surface area contributed by atoms with E-state index in [0.29, 0.717) is 12.8 Å². The molecule has 20 heavy (non-hydrogen) atoms. The summed E-state index contributed by atoms with van der Waals surface area (Å²) in [5, 5.41) is 11.9. The molecule has 0 radical (unpaired) electrons. The summed E-state index contributed by atoms with van der Waals surface area (Å²) in [7, 11) is 0. The first-order valence-electron chi connectivity index (χ1n) is 6.32. The number of carbonyl (C=O) groups excluding carboxylic acids is 1. The van der Waals surface area contributed by atoms with Gasteiger partial charge in [0.15, 0.2) is 0 Å². The summed E-state index contributed by atoms with van der Waals surface area (Å²) >= 11 is 5.69. The maximum Gasteiger partial charge on any atom is 0.310 e. The fourth-order valence-electron chi connectivity index (χ4n) is 2.02. The molecule has 0 heterocycles. The number of benzene rings is 1. The van der Waals surface area contributed by atoms with Gasteiger partial charge in [-0.2, -0.15) is 0 Å². The van der Waals surface area contributed by atoms with Crippen LogP contribution in [0.5, 0.6) is 0 Å². The Morgan fingerprint density at radius 1 is 1.30 bits per heavy atom. The van der Waals surface area contributed by atoms with E-state index >= 15 is 0 Å². The number of halogens is 2. The zero-order chi connectivity index (χ0) is 15.3. The van der Waals surface area contributed by atoms with E-state index in [1.54, 1.807) is 13.8 Å². The van der Waals surface area contributed by atoms with E-state index in [1.165, 1.54) is 6.07 Å². The Balaban J connectivity index is 2.83. The van der Waals surface area contributed by atoms with Crippen molar-refractivity contribution in [3.8, 4) is 0 Å². The highest BCUT2D eigenvalue weighted by atomic mass is 35.5. The molecule has 0 bridgehead atoms. The number of amides is 1. The van der Waals surface area contributed by atoms with E-state index in [9.17, 15) is 19.1 Å². The summed E-state index contributed by atoms with van der Waals surface area (Å²) in [6.07, 6.45) is 0.524. The summed E-state index contributed by atoms with van der Waals surface area (Å²) in [4.78, 5) is 23.3. The normalized spacial score (nSPS) is 11.2. The summed E-state index contributed by atoms with van der Waals surface area (Å²) < 4.78 is 13.1. The van der Waals surface area contributed by atoms with E-state index in [1.807, 2.05) is 0 Å². The molecule has 1 rings (SSSR count). The molecular formula is C14H17ClFNO3. The summed E-state index contributed by atoms with van der Waals surface area (Å²) in [5.74, 6) is -2.05. The van der Waals surface area contributed by atoms with Gasteiger partial charge in [0.05, 0.1) is 5.41 Å². The highest BCUT2D eigenvalue weighted by Gasteiger charge is 2.37. The van der Waals surface area contributed by atoms with Gasteiger partial charge in [-0.05, 0) is 31.0 Å². The minimum absolute atomic E-state index is 0.163. The second-order valence-corrected chi connectivity index (χ2v) is 5.11. The Labute approximate surface area is 121 Å². The molecular weight excluding hydrogens is 285 g/mol. The first kappa shape index (κ1) is 16.4. The summed E-state index contributed by atoms with van der Waals surface area (Å²) in [6.45, 7) is 3.45.